The topological polar surface area (TPSA) is 47.3 Å². The fraction of sp³-hybridized carbons (Fsp3) is 0.571. The van der Waals surface area contributed by atoms with E-state index in [0.717, 1.165) is 19.3 Å². The second-order valence-electron chi connectivity index (χ2n) is 4.94. The van der Waals surface area contributed by atoms with Crippen LogP contribution in [0.3, 0.4) is 0 Å². The van der Waals surface area contributed by atoms with Crippen LogP contribution in [0.4, 0.5) is 10.1 Å². The van der Waals surface area contributed by atoms with E-state index in [4.69, 9.17) is 10.5 Å². The molecular weight excluding hydrogens is 231 g/mol. The van der Waals surface area contributed by atoms with Gasteiger partial charge in [0.2, 0.25) is 0 Å². The molecule has 2 atom stereocenters. The lowest BCUT2D eigenvalue weighted by Crippen LogP contribution is -2.52. The number of benzene rings is 1. The third-order valence-corrected chi connectivity index (χ3v) is 3.67. The normalized spacial score (nSPS) is 28.1. The van der Waals surface area contributed by atoms with Crippen LogP contribution in [0.5, 0.6) is 0 Å². The molecule has 0 aromatic heterocycles. The summed E-state index contributed by atoms with van der Waals surface area (Å²) in [5.41, 5.74) is 6.19. The molecule has 0 saturated carbocycles. The molecular formula is C14H21FN2O. The van der Waals surface area contributed by atoms with E-state index in [1.807, 2.05) is 6.07 Å². The number of anilines is 1. The van der Waals surface area contributed by atoms with Crippen molar-refractivity contribution < 1.29 is 9.13 Å². The van der Waals surface area contributed by atoms with Crippen LogP contribution in [0.2, 0.25) is 0 Å². The Balaban J connectivity index is 2.15. The molecule has 1 aliphatic heterocycles. The Hall–Kier alpha value is -1.13. The van der Waals surface area contributed by atoms with Gasteiger partial charge in [-0.25, -0.2) is 4.39 Å². The standard InChI is InChI=1S/C14H21FN2O/c1-2-11-9-14(10-16,7-8-18-11)17-13-6-4-3-5-12(13)15/h3-6,11,17H,2,7-10,16H2,1H3. The Morgan fingerprint density at radius 2 is 2.28 bits per heavy atom. The second kappa shape index (κ2) is 5.67. The summed E-state index contributed by atoms with van der Waals surface area (Å²) < 4.78 is 19.4. The monoisotopic (exact) mass is 252 g/mol. The van der Waals surface area contributed by atoms with Crippen molar-refractivity contribution in [3.63, 3.8) is 0 Å². The van der Waals surface area contributed by atoms with E-state index < -0.39 is 0 Å². The molecule has 18 heavy (non-hydrogen) atoms. The van der Waals surface area contributed by atoms with Crippen LogP contribution in [0, 0.1) is 5.82 Å². The molecule has 1 fully saturated rings. The van der Waals surface area contributed by atoms with Crippen LogP contribution in [0.1, 0.15) is 26.2 Å². The average molecular weight is 252 g/mol. The van der Waals surface area contributed by atoms with Crippen molar-refractivity contribution in [2.75, 3.05) is 18.5 Å². The average Bonchev–Trinajstić information content (AvgIpc) is 2.42. The highest BCUT2D eigenvalue weighted by Gasteiger charge is 2.35. The lowest BCUT2D eigenvalue weighted by atomic mass is 9.85. The van der Waals surface area contributed by atoms with Crippen molar-refractivity contribution in [1.29, 1.82) is 0 Å². The zero-order chi connectivity index (χ0) is 13.0. The molecule has 0 bridgehead atoms. The minimum Gasteiger partial charge on any atom is -0.378 e. The van der Waals surface area contributed by atoms with Crippen LogP contribution >= 0.6 is 0 Å². The largest absolute Gasteiger partial charge is 0.378 e. The van der Waals surface area contributed by atoms with Gasteiger partial charge in [-0.2, -0.15) is 0 Å². The van der Waals surface area contributed by atoms with Gasteiger partial charge in [-0.1, -0.05) is 19.1 Å². The van der Waals surface area contributed by atoms with Crippen molar-refractivity contribution in [3.05, 3.63) is 30.1 Å². The molecule has 0 spiro atoms. The summed E-state index contributed by atoms with van der Waals surface area (Å²) >= 11 is 0. The predicted molar refractivity (Wildman–Crippen MR) is 71.1 cm³/mol. The molecule has 1 heterocycles. The second-order valence-corrected chi connectivity index (χ2v) is 4.94. The summed E-state index contributed by atoms with van der Waals surface area (Å²) in [4.78, 5) is 0. The van der Waals surface area contributed by atoms with E-state index in [1.165, 1.54) is 6.07 Å². The molecule has 0 amide bonds. The Bertz CT molecular complexity index is 399. The summed E-state index contributed by atoms with van der Waals surface area (Å²) in [5, 5.41) is 3.30. The van der Waals surface area contributed by atoms with Gasteiger partial charge in [-0.15, -0.1) is 0 Å². The number of ether oxygens (including phenoxy) is 1. The molecule has 1 aliphatic rings. The molecule has 2 rings (SSSR count). The molecule has 0 radical (unpaired) electrons. The summed E-state index contributed by atoms with van der Waals surface area (Å²) in [6, 6.07) is 6.73. The molecule has 1 saturated heterocycles. The van der Waals surface area contributed by atoms with Crippen molar-refractivity contribution in [2.45, 2.75) is 37.8 Å². The molecule has 3 nitrogen and oxygen atoms in total. The summed E-state index contributed by atoms with van der Waals surface area (Å²) in [5.74, 6) is -0.232. The fourth-order valence-electron chi connectivity index (χ4n) is 2.48. The minimum atomic E-state index is -0.249. The number of nitrogens with two attached hydrogens (primary N) is 1. The van der Waals surface area contributed by atoms with E-state index in [-0.39, 0.29) is 17.5 Å². The first kappa shape index (κ1) is 13.3. The Morgan fingerprint density at radius 3 is 2.94 bits per heavy atom. The maximum Gasteiger partial charge on any atom is 0.146 e. The van der Waals surface area contributed by atoms with Gasteiger partial charge in [0, 0.05) is 13.2 Å². The highest BCUT2D eigenvalue weighted by atomic mass is 19.1. The van der Waals surface area contributed by atoms with Gasteiger partial charge < -0.3 is 15.8 Å². The van der Waals surface area contributed by atoms with Crippen LogP contribution in [0.25, 0.3) is 0 Å². The summed E-state index contributed by atoms with van der Waals surface area (Å²) in [6.45, 7) is 3.26. The van der Waals surface area contributed by atoms with E-state index in [0.29, 0.717) is 18.8 Å². The van der Waals surface area contributed by atoms with Crippen LogP contribution in [-0.2, 0) is 4.74 Å². The van der Waals surface area contributed by atoms with Gasteiger partial charge in [0.05, 0.1) is 17.3 Å². The van der Waals surface area contributed by atoms with Crippen LogP contribution < -0.4 is 11.1 Å². The van der Waals surface area contributed by atoms with Crippen molar-refractivity contribution in [1.82, 2.24) is 0 Å². The first-order valence-electron chi connectivity index (χ1n) is 6.53. The lowest BCUT2D eigenvalue weighted by molar-refractivity contribution is -0.0126. The highest BCUT2D eigenvalue weighted by Crippen LogP contribution is 2.30. The van der Waals surface area contributed by atoms with Gasteiger partial charge >= 0.3 is 0 Å². The summed E-state index contributed by atoms with van der Waals surface area (Å²) in [6.07, 6.45) is 2.81. The number of rotatable bonds is 4. The molecule has 0 aliphatic carbocycles. The molecule has 100 valence electrons. The van der Waals surface area contributed by atoms with Gasteiger partial charge in [-0.3, -0.25) is 0 Å². The van der Waals surface area contributed by atoms with E-state index in [9.17, 15) is 4.39 Å². The number of hydrogen-bond donors (Lipinski definition) is 2. The zero-order valence-electron chi connectivity index (χ0n) is 10.8. The number of halogens is 1. The number of para-hydroxylation sites is 1. The molecule has 1 aromatic carbocycles. The quantitative estimate of drug-likeness (QED) is 0.865. The van der Waals surface area contributed by atoms with Crippen LogP contribution in [-0.4, -0.2) is 24.8 Å². The minimum absolute atomic E-state index is 0.210. The maximum absolute atomic E-state index is 13.7. The predicted octanol–water partition coefficient (Wildman–Crippen LogP) is 2.52. The third kappa shape index (κ3) is 2.82. The van der Waals surface area contributed by atoms with E-state index in [2.05, 4.69) is 12.2 Å². The first-order valence-corrected chi connectivity index (χ1v) is 6.53. The number of hydrogen-bond acceptors (Lipinski definition) is 3. The maximum atomic E-state index is 13.7. The first-order chi connectivity index (χ1) is 8.69. The fourth-order valence-corrected chi connectivity index (χ4v) is 2.48. The van der Waals surface area contributed by atoms with E-state index in [1.54, 1.807) is 12.1 Å². The van der Waals surface area contributed by atoms with Gasteiger partial charge in [-0.05, 0) is 31.4 Å². The lowest BCUT2D eigenvalue weighted by Gasteiger charge is -2.41. The van der Waals surface area contributed by atoms with Crippen molar-refractivity contribution in [2.24, 2.45) is 5.73 Å². The van der Waals surface area contributed by atoms with Crippen molar-refractivity contribution in [3.8, 4) is 0 Å². The van der Waals surface area contributed by atoms with Gasteiger partial charge in [0.15, 0.2) is 0 Å². The Labute approximate surface area is 108 Å². The van der Waals surface area contributed by atoms with E-state index >= 15 is 0 Å². The smallest absolute Gasteiger partial charge is 0.146 e. The molecule has 2 unspecified atom stereocenters. The van der Waals surface area contributed by atoms with Gasteiger partial charge in [0.1, 0.15) is 5.82 Å². The molecule has 3 N–H and O–H groups in total. The zero-order valence-corrected chi connectivity index (χ0v) is 10.8. The summed E-state index contributed by atoms with van der Waals surface area (Å²) in [7, 11) is 0. The SMILES string of the molecule is CCC1CC(CN)(Nc2ccccc2F)CCO1. The number of nitrogens with one attached hydrogen (secondary N) is 1. The van der Waals surface area contributed by atoms with Crippen LogP contribution in [0.15, 0.2) is 24.3 Å². The van der Waals surface area contributed by atoms with Gasteiger partial charge in [0.25, 0.3) is 0 Å². The van der Waals surface area contributed by atoms with Crippen molar-refractivity contribution >= 4 is 5.69 Å². The Kier molecular flexibility index (Phi) is 4.19. The Morgan fingerprint density at radius 1 is 1.50 bits per heavy atom. The molecule has 1 aromatic rings. The highest BCUT2D eigenvalue weighted by molar-refractivity contribution is 5.47. The third-order valence-electron chi connectivity index (χ3n) is 3.67. The molecule has 4 heteroatoms.